The fraction of sp³-hybridized carbons (Fsp3) is 0.133. The number of hydrogen-bond acceptors (Lipinski definition) is 3. The Balaban J connectivity index is 2.29. The van der Waals surface area contributed by atoms with Crippen molar-refractivity contribution in [3.8, 4) is 0 Å². The Bertz CT molecular complexity index is 676. The zero-order valence-electron chi connectivity index (χ0n) is 11.6. The number of nitrogens with two attached hydrogens (primary N) is 1. The molecule has 0 spiro atoms. The van der Waals surface area contributed by atoms with Crippen LogP contribution in [0.15, 0.2) is 35.3 Å². The first-order valence-electron chi connectivity index (χ1n) is 6.14. The van der Waals surface area contributed by atoms with E-state index in [0.717, 1.165) is 5.69 Å². The van der Waals surface area contributed by atoms with Gasteiger partial charge in [0.15, 0.2) is 0 Å². The van der Waals surface area contributed by atoms with Gasteiger partial charge in [0.2, 0.25) is 0 Å². The maximum absolute atomic E-state index is 13.9. The summed E-state index contributed by atoms with van der Waals surface area (Å²) >= 11 is 11.8. The summed E-state index contributed by atoms with van der Waals surface area (Å²) in [6.07, 6.45) is 1.42. The molecule has 0 fully saturated rings. The summed E-state index contributed by atoms with van der Waals surface area (Å²) in [6, 6.07) is 8.07. The van der Waals surface area contributed by atoms with Gasteiger partial charge in [0, 0.05) is 31.6 Å². The summed E-state index contributed by atoms with van der Waals surface area (Å²) in [4.78, 5) is 5.99. The molecule has 0 unspecified atom stereocenters. The fourth-order valence-electron chi connectivity index (χ4n) is 1.69. The molecule has 0 heterocycles. The molecule has 0 amide bonds. The number of halogens is 3. The summed E-state index contributed by atoms with van der Waals surface area (Å²) in [5, 5.41) is 0.635. The molecule has 2 N–H and O–H groups in total. The van der Waals surface area contributed by atoms with E-state index in [0.29, 0.717) is 27.0 Å². The molecule has 0 aromatic heterocycles. The monoisotopic (exact) mass is 325 g/mol. The maximum Gasteiger partial charge on any atom is 0.134 e. The topological polar surface area (TPSA) is 41.6 Å². The van der Waals surface area contributed by atoms with E-state index < -0.39 is 0 Å². The third-order valence-corrected chi connectivity index (χ3v) is 3.54. The Morgan fingerprint density at radius 2 is 1.76 bits per heavy atom. The largest absolute Gasteiger partial charge is 0.396 e. The van der Waals surface area contributed by atoms with Crippen LogP contribution in [0.1, 0.15) is 5.56 Å². The minimum absolute atomic E-state index is 0.304. The minimum Gasteiger partial charge on any atom is -0.396 e. The van der Waals surface area contributed by atoms with Crippen LogP contribution in [0.4, 0.5) is 21.5 Å². The Hall–Kier alpha value is -1.78. The van der Waals surface area contributed by atoms with Gasteiger partial charge in [0.1, 0.15) is 5.82 Å². The molecule has 110 valence electrons. The zero-order valence-corrected chi connectivity index (χ0v) is 13.1. The van der Waals surface area contributed by atoms with Crippen LogP contribution in [0.3, 0.4) is 0 Å². The van der Waals surface area contributed by atoms with Crippen molar-refractivity contribution in [2.45, 2.75) is 0 Å². The average Bonchev–Trinajstić information content (AvgIpc) is 2.43. The van der Waals surface area contributed by atoms with Crippen LogP contribution in [0, 0.1) is 5.82 Å². The van der Waals surface area contributed by atoms with Crippen molar-refractivity contribution in [3.05, 3.63) is 51.8 Å². The summed E-state index contributed by atoms with van der Waals surface area (Å²) in [6.45, 7) is 0. The highest BCUT2D eigenvalue weighted by Gasteiger charge is 2.05. The van der Waals surface area contributed by atoms with Gasteiger partial charge in [0.25, 0.3) is 0 Å². The number of benzene rings is 2. The Morgan fingerprint density at radius 3 is 2.29 bits per heavy atom. The van der Waals surface area contributed by atoms with Crippen molar-refractivity contribution >= 4 is 46.5 Å². The lowest BCUT2D eigenvalue weighted by Crippen LogP contribution is -2.09. The third kappa shape index (κ3) is 3.65. The van der Waals surface area contributed by atoms with Gasteiger partial charge in [-0.25, -0.2) is 4.39 Å². The molecule has 0 saturated carbocycles. The first-order chi connectivity index (χ1) is 9.88. The number of aliphatic imine (C=N–C) groups is 1. The standard InChI is InChI=1S/C15H14Cl2FN3/c1-21(2)11-4-3-9(14(18)7-11)8-20-10-5-12(16)15(19)13(17)6-10/h3-8H,19H2,1-2H3. The first kappa shape index (κ1) is 15.6. The highest BCUT2D eigenvalue weighted by Crippen LogP contribution is 2.32. The highest BCUT2D eigenvalue weighted by atomic mass is 35.5. The van der Waals surface area contributed by atoms with Crippen molar-refractivity contribution in [1.29, 1.82) is 0 Å². The average molecular weight is 326 g/mol. The van der Waals surface area contributed by atoms with Crippen LogP contribution in [0.5, 0.6) is 0 Å². The Morgan fingerprint density at radius 1 is 1.14 bits per heavy atom. The van der Waals surface area contributed by atoms with Crippen molar-refractivity contribution < 1.29 is 4.39 Å². The molecule has 2 aromatic carbocycles. The lowest BCUT2D eigenvalue weighted by Gasteiger charge is -2.12. The predicted octanol–water partition coefficient (Wildman–Crippen LogP) is 4.53. The van der Waals surface area contributed by atoms with Crippen LogP contribution in [-0.4, -0.2) is 20.3 Å². The van der Waals surface area contributed by atoms with Gasteiger partial charge in [0.05, 0.1) is 21.4 Å². The van der Waals surface area contributed by atoms with E-state index >= 15 is 0 Å². The van der Waals surface area contributed by atoms with Gasteiger partial charge in [-0.2, -0.15) is 0 Å². The SMILES string of the molecule is CN(C)c1ccc(C=Nc2cc(Cl)c(N)c(Cl)c2)c(F)c1. The normalized spacial score (nSPS) is 11.1. The van der Waals surface area contributed by atoms with E-state index in [1.54, 1.807) is 18.2 Å². The number of hydrogen-bond donors (Lipinski definition) is 1. The van der Waals surface area contributed by atoms with E-state index in [9.17, 15) is 4.39 Å². The molecule has 0 bridgehead atoms. The van der Waals surface area contributed by atoms with E-state index in [-0.39, 0.29) is 5.82 Å². The number of nitrogens with zero attached hydrogens (tertiary/aromatic N) is 2. The molecule has 6 heteroatoms. The van der Waals surface area contributed by atoms with E-state index in [1.165, 1.54) is 12.3 Å². The molecular formula is C15H14Cl2FN3. The van der Waals surface area contributed by atoms with E-state index in [2.05, 4.69) is 4.99 Å². The number of anilines is 2. The van der Waals surface area contributed by atoms with Crippen molar-refractivity contribution in [1.82, 2.24) is 0 Å². The zero-order chi connectivity index (χ0) is 15.6. The van der Waals surface area contributed by atoms with Gasteiger partial charge in [-0.3, -0.25) is 4.99 Å². The van der Waals surface area contributed by atoms with Crippen molar-refractivity contribution in [3.63, 3.8) is 0 Å². The van der Waals surface area contributed by atoms with Crippen LogP contribution in [0.2, 0.25) is 10.0 Å². The van der Waals surface area contributed by atoms with Gasteiger partial charge in [-0.05, 0) is 30.3 Å². The Kier molecular flexibility index (Phi) is 4.70. The number of nitrogen functional groups attached to an aromatic ring is 1. The second kappa shape index (κ2) is 6.33. The summed E-state index contributed by atoms with van der Waals surface area (Å²) in [5.74, 6) is -0.349. The van der Waals surface area contributed by atoms with Crippen LogP contribution in [-0.2, 0) is 0 Å². The second-order valence-corrected chi connectivity index (χ2v) is 5.50. The molecule has 0 atom stereocenters. The molecule has 0 aliphatic heterocycles. The minimum atomic E-state index is -0.349. The van der Waals surface area contributed by atoms with Crippen LogP contribution < -0.4 is 10.6 Å². The van der Waals surface area contributed by atoms with Gasteiger partial charge < -0.3 is 10.6 Å². The molecule has 0 aliphatic rings. The van der Waals surface area contributed by atoms with Gasteiger partial charge >= 0.3 is 0 Å². The van der Waals surface area contributed by atoms with Gasteiger partial charge in [-0.1, -0.05) is 23.2 Å². The molecule has 0 radical (unpaired) electrons. The first-order valence-corrected chi connectivity index (χ1v) is 6.89. The fourth-order valence-corrected chi connectivity index (χ4v) is 2.16. The molecule has 3 nitrogen and oxygen atoms in total. The Labute approximate surface area is 132 Å². The second-order valence-electron chi connectivity index (χ2n) is 4.68. The highest BCUT2D eigenvalue weighted by molar-refractivity contribution is 6.39. The van der Waals surface area contributed by atoms with Crippen molar-refractivity contribution in [2.75, 3.05) is 24.7 Å². The predicted molar refractivity (Wildman–Crippen MR) is 88.9 cm³/mol. The quantitative estimate of drug-likeness (QED) is 0.665. The molecular weight excluding hydrogens is 312 g/mol. The molecule has 0 aliphatic carbocycles. The van der Waals surface area contributed by atoms with Gasteiger partial charge in [-0.15, -0.1) is 0 Å². The summed E-state index contributed by atoms with van der Waals surface area (Å²) in [5.41, 5.74) is 7.62. The lowest BCUT2D eigenvalue weighted by molar-refractivity contribution is 0.626. The van der Waals surface area contributed by atoms with Crippen LogP contribution in [0.25, 0.3) is 0 Å². The third-order valence-electron chi connectivity index (χ3n) is 2.92. The van der Waals surface area contributed by atoms with E-state index in [1.807, 2.05) is 25.1 Å². The van der Waals surface area contributed by atoms with Crippen molar-refractivity contribution in [2.24, 2.45) is 4.99 Å². The van der Waals surface area contributed by atoms with Crippen LogP contribution >= 0.6 is 23.2 Å². The van der Waals surface area contributed by atoms with E-state index in [4.69, 9.17) is 28.9 Å². The molecule has 2 rings (SSSR count). The smallest absolute Gasteiger partial charge is 0.134 e. The lowest BCUT2D eigenvalue weighted by atomic mass is 10.2. The molecule has 21 heavy (non-hydrogen) atoms. The molecule has 0 saturated heterocycles. The summed E-state index contributed by atoms with van der Waals surface area (Å²) < 4.78 is 13.9. The summed E-state index contributed by atoms with van der Waals surface area (Å²) in [7, 11) is 3.70. The number of rotatable bonds is 3. The molecule has 2 aromatic rings. The maximum atomic E-state index is 13.9.